The molecule has 0 bridgehead atoms. The van der Waals surface area contributed by atoms with Crippen molar-refractivity contribution in [1.82, 2.24) is 15.6 Å². The molecule has 3 N–H and O–H groups in total. The first-order valence-corrected chi connectivity index (χ1v) is 9.98. The maximum Gasteiger partial charge on any atom is 0.313 e. The summed E-state index contributed by atoms with van der Waals surface area (Å²) in [6.07, 6.45) is 4.54. The highest BCUT2D eigenvalue weighted by Crippen LogP contribution is 2.13. The minimum absolute atomic E-state index is 0.0386. The molecule has 0 radical (unpaired) electrons. The second-order valence-corrected chi connectivity index (χ2v) is 7.02. The molecular weight excluding hydrogens is 422 g/mol. The summed E-state index contributed by atoms with van der Waals surface area (Å²) >= 11 is 0. The molecule has 2 heterocycles. The molecule has 3 aromatic rings. The van der Waals surface area contributed by atoms with E-state index >= 15 is 0 Å². The molecule has 9 nitrogen and oxygen atoms in total. The van der Waals surface area contributed by atoms with Crippen molar-refractivity contribution in [2.75, 3.05) is 5.32 Å². The molecule has 166 valence electrons. The van der Waals surface area contributed by atoms with Crippen molar-refractivity contribution in [3.8, 4) is 6.07 Å². The zero-order chi connectivity index (χ0) is 23.6. The van der Waals surface area contributed by atoms with E-state index in [0.29, 0.717) is 11.4 Å². The minimum Gasteiger partial charge on any atom is -0.460 e. The number of furan rings is 1. The van der Waals surface area contributed by atoms with Crippen LogP contribution < -0.4 is 16.0 Å². The van der Waals surface area contributed by atoms with E-state index in [1.807, 2.05) is 25.1 Å². The molecule has 33 heavy (non-hydrogen) atoms. The molecule has 0 aliphatic carbocycles. The number of aryl methyl sites for hydroxylation is 1. The number of pyridine rings is 1. The van der Waals surface area contributed by atoms with Gasteiger partial charge in [0.2, 0.25) is 0 Å². The van der Waals surface area contributed by atoms with Crippen LogP contribution in [0.15, 0.2) is 70.9 Å². The van der Waals surface area contributed by atoms with Gasteiger partial charge in [0.15, 0.2) is 0 Å². The van der Waals surface area contributed by atoms with Crippen LogP contribution in [0.1, 0.15) is 22.6 Å². The van der Waals surface area contributed by atoms with Crippen LogP contribution in [0.25, 0.3) is 6.08 Å². The maximum absolute atomic E-state index is 12.3. The fraction of sp³-hybridized carbons (Fsp3) is 0.125. The summed E-state index contributed by atoms with van der Waals surface area (Å²) in [5.74, 6) is -1.57. The summed E-state index contributed by atoms with van der Waals surface area (Å²) < 4.78 is 5.53. The van der Waals surface area contributed by atoms with Crippen LogP contribution in [0.2, 0.25) is 0 Å². The summed E-state index contributed by atoms with van der Waals surface area (Å²) in [7, 11) is 0. The van der Waals surface area contributed by atoms with Crippen molar-refractivity contribution in [3.63, 3.8) is 0 Å². The molecule has 0 saturated carbocycles. The first kappa shape index (κ1) is 23.0. The number of nitrogens with one attached hydrogen (secondary N) is 3. The van der Waals surface area contributed by atoms with Gasteiger partial charge in [0.1, 0.15) is 23.2 Å². The molecule has 2 aromatic heterocycles. The zero-order valence-corrected chi connectivity index (χ0v) is 17.8. The second-order valence-electron chi connectivity index (χ2n) is 7.02. The number of carbonyl (C=O) groups is 3. The predicted octanol–water partition coefficient (Wildman–Crippen LogP) is 2.46. The number of nitrogens with zero attached hydrogens (tertiary/aromatic N) is 2. The van der Waals surface area contributed by atoms with Gasteiger partial charge in [-0.1, -0.05) is 23.8 Å². The third-order valence-corrected chi connectivity index (χ3v) is 4.45. The van der Waals surface area contributed by atoms with Gasteiger partial charge < -0.3 is 20.4 Å². The first-order chi connectivity index (χ1) is 15.9. The summed E-state index contributed by atoms with van der Waals surface area (Å²) in [5.41, 5.74) is 2.20. The lowest BCUT2D eigenvalue weighted by Crippen LogP contribution is -2.34. The van der Waals surface area contributed by atoms with Gasteiger partial charge in [0.25, 0.3) is 5.91 Å². The largest absolute Gasteiger partial charge is 0.460 e. The fourth-order valence-corrected chi connectivity index (χ4v) is 2.71. The Balaban J connectivity index is 1.52. The lowest BCUT2D eigenvalue weighted by Gasteiger charge is -2.06. The number of anilines is 1. The highest BCUT2D eigenvalue weighted by molar-refractivity contribution is 6.39. The molecule has 3 amide bonds. The Hall–Kier alpha value is -4.71. The van der Waals surface area contributed by atoms with Crippen LogP contribution in [0.3, 0.4) is 0 Å². The topological polar surface area (TPSA) is 137 Å². The summed E-state index contributed by atoms with van der Waals surface area (Å²) in [4.78, 5) is 40.2. The summed E-state index contributed by atoms with van der Waals surface area (Å²) in [6, 6.07) is 15.6. The van der Waals surface area contributed by atoms with Crippen LogP contribution in [0.4, 0.5) is 5.69 Å². The standard InChI is InChI=1S/C24H21N5O4/c1-16-4-6-19(7-5-16)29-24(32)23(31)28-15-21-9-8-20(33-21)11-18(12-25)22(30)27-14-17-3-2-10-26-13-17/h2-11,13H,14-15H2,1H3,(H,27,30)(H,28,31)(H,29,32)/b18-11+. The van der Waals surface area contributed by atoms with Gasteiger partial charge in [-0.25, -0.2) is 0 Å². The van der Waals surface area contributed by atoms with E-state index in [1.165, 1.54) is 6.08 Å². The van der Waals surface area contributed by atoms with Crippen molar-refractivity contribution in [2.24, 2.45) is 0 Å². The highest BCUT2D eigenvalue weighted by Gasteiger charge is 2.15. The van der Waals surface area contributed by atoms with Gasteiger partial charge in [0, 0.05) is 30.7 Å². The molecule has 0 aliphatic rings. The Labute approximate surface area is 190 Å². The minimum atomic E-state index is -0.823. The molecule has 1 aromatic carbocycles. The van der Waals surface area contributed by atoms with E-state index in [-0.39, 0.29) is 24.4 Å². The maximum atomic E-state index is 12.3. The van der Waals surface area contributed by atoms with Gasteiger partial charge in [-0.2, -0.15) is 5.26 Å². The molecule has 0 aliphatic heterocycles. The summed E-state index contributed by atoms with van der Waals surface area (Å²) in [6.45, 7) is 2.11. The lowest BCUT2D eigenvalue weighted by molar-refractivity contribution is -0.136. The van der Waals surface area contributed by atoms with E-state index in [0.717, 1.165) is 11.1 Å². The van der Waals surface area contributed by atoms with Crippen molar-refractivity contribution in [2.45, 2.75) is 20.0 Å². The second kappa shape index (κ2) is 11.1. The van der Waals surface area contributed by atoms with Crippen molar-refractivity contribution >= 4 is 29.5 Å². The molecule has 0 unspecified atom stereocenters. The van der Waals surface area contributed by atoms with Crippen molar-refractivity contribution in [3.05, 3.63) is 89.1 Å². The average Bonchev–Trinajstić information content (AvgIpc) is 3.29. The number of hydrogen-bond acceptors (Lipinski definition) is 6. The zero-order valence-electron chi connectivity index (χ0n) is 17.8. The van der Waals surface area contributed by atoms with Gasteiger partial charge in [0.05, 0.1) is 6.54 Å². The molecule has 0 fully saturated rings. The lowest BCUT2D eigenvalue weighted by atomic mass is 10.2. The predicted molar refractivity (Wildman–Crippen MR) is 120 cm³/mol. The monoisotopic (exact) mass is 443 g/mol. The quantitative estimate of drug-likeness (QED) is 0.291. The molecule has 0 saturated heterocycles. The Morgan fingerprint density at radius 2 is 1.76 bits per heavy atom. The van der Waals surface area contributed by atoms with Gasteiger partial charge >= 0.3 is 11.8 Å². The number of carbonyl (C=O) groups excluding carboxylic acids is 3. The summed E-state index contributed by atoms with van der Waals surface area (Å²) in [5, 5.41) is 16.9. The van der Waals surface area contributed by atoms with Gasteiger partial charge in [-0.15, -0.1) is 0 Å². The van der Waals surface area contributed by atoms with Gasteiger partial charge in [-0.3, -0.25) is 19.4 Å². The third-order valence-electron chi connectivity index (χ3n) is 4.45. The average molecular weight is 443 g/mol. The Morgan fingerprint density at radius 3 is 2.45 bits per heavy atom. The Kier molecular flexibility index (Phi) is 7.70. The number of benzene rings is 1. The number of rotatable bonds is 7. The molecule has 0 spiro atoms. The molecule has 0 atom stereocenters. The smallest absolute Gasteiger partial charge is 0.313 e. The van der Waals surface area contributed by atoms with E-state index in [4.69, 9.17) is 4.42 Å². The highest BCUT2D eigenvalue weighted by atomic mass is 16.3. The van der Waals surface area contributed by atoms with E-state index < -0.39 is 17.7 Å². The van der Waals surface area contributed by atoms with Crippen LogP contribution in [-0.4, -0.2) is 22.7 Å². The Bertz CT molecular complexity index is 1210. The van der Waals surface area contributed by atoms with E-state index in [1.54, 1.807) is 48.8 Å². The third kappa shape index (κ3) is 6.90. The van der Waals surface area contributed by atoms with E-state index in [2.05, 4.69) is 20.9 Å². The molecule has 3 rings (SSSR count). The number of amides is 3. The molecule has 9 heteroatoms. The van der Waals surface area contributed by atoms with Crippen LogP contribution in [-0.2, 0) is 27.5 Å². The van der Waals surface area contributed by atoms with Crippen LogP contribution in [0, 0.1) is 18.3 Å². The van der Waals surface area contributed by atoms with Crippen molar-refractivity contribution < 1.29 is 18.8 Å². The molecular formula is C24H21N5O4. The fourth-order valence-electron chi connectivity index (χ4n) is 2.71. The van der Waals surface area contributed by atoms with Crippen LogP contribution in [0.5, 0.6) is 0 Å². The van der Waals surface area contributed by atoms with Crippen molar-refractivity contribution in [1.29, 1.82) is 5.26 Å². The normalized spacial score (nSPS) is 10.7. The first-order valence-electron chi connectivity index (χ1n) is 9.98. The van der Waals surface area contributed by atoms with Crippen LogP contribution >= 0.6 is 0 Å². The number of aromatic nitrogens is 1. The SMILES string of the molecule is Cc1ccc(NC(=O)C(=O)NCc2ccc(/C=C(\C#N)C(=O)NCc3cccnc3)o2)cc1. The van der Waals surface area contributed by atoms with Gasteiger partial charge in [-0.05, 0) is 42.8 Å². The number of hydrogen-bond donors (Lipinski definition) is 3. The Morgan fingerprint density at radius 1 is 1.00 bits per heavy atom. The van der Waals surface area contributed by atoms with E-state index in [9.17, 15) is 19.6 Å². The number of nitriles is 1.